The van der Waals surface area contributed by atoms with Crippen molar-refractivity contribution in [3.05, 3.63) is 41.7 Å². The number of carbonyl (C=O) groups is 2. The summed E-state index contributed by atoms with van der Waals surface area (Å²) >= 11 is 0. The first kappa shape index (κ1) is 18.7. The van der Waals surface area contributed by atoms with Crippen LogP contribution in [0.3, 0.4) is 0 Å². The molecular weight excluding hydrogens is 296 g/mol. The molecular formula is C18H24O5. The molecule has 0 spiro atoms. The molecule has 0 aliphatic rings. The van der Waals surface area contributed by atoms with E-state index < -0.39 is 17.7 Å². The molecule has 0 aromatic heterocycles. The normalized spacial score (nSPS) is 11.7. The van der Waals surface area contributed by atoms with Crippen molar-refractivity contribution < 1.29 is 23.8 Å². The predicted octanol–water partition coefficient (Wildman–Crippen LogP) is 4.32. The van der Waals surface area contributed by atoms with E-state index in [1.54, 1.807) is 32.9 Å². The van der Waals surface area contributed by atoms with Gasteiger partial charge in [-0.05, 0) is 38.8 Å². The minimum Gasteiger partial charge on any atom is -0.454 e. The van der Waals surface area contributed by atoms with Crippen molar-refractivity contribution in [2.75, 3.05) is 6.61 Å². The van der Waals surface area contributed by atoms with E-state index >= 15 is 0 Å². The Hall–Kier alpha value is -2.30. The molecule has 0 heterocycles. The van der Waals surface area contributed by atoms with Gasteiger partial charge in [-0.15, -0.1) is 0 Å². The van der Waals surface area contributed by atoms with E-state index in [2.05, 4.69) is 0 Å². The summed E-state index contributed by atoms with van der Waals surface area (Å²) in [5.74, 6) is -0.915. The Balaban J connectivity index is 2.86. The van der Waals surface area contributed by atoms with Gasteiger partial charge in [-0.3, -0.25) is 0 Å². The lowest BCUT2D eigenvalue weighted by Crippen LogP contribution is -2.26. The van der Waals surface area contributed by atoms with Crippen LogP contribution in [0.15, 0.2) is 36.1 Å². The van der Waals surface area contributed by atoms with Crippen LogP contribution >= 0.6 is 0 Å². The van der Waals surface area contributed by atoms with E-state index in [4.69, 9.17) is 14.2 Å². The van der Waals surface area contributed by atoms with Gasteiger partial charge in [-0.1, -0.05) is 43.7 Å². The average molecular weight is 320 g/mol. The van der Waals surface area contributed by atoms with Gasteiger partial charge in [0.15, 0.2) is 0 Å². The van der Waals surface area contributed by atoms with E-state index in [0.29, 0.717) is 0 Å². The number of benzene rings is 1. The molecule has 0 fully saturated rings. The fourth-order valence-corrected chi connectivity index (χ4v) is 1.58. The van der Waals surface area contributed by atoms with Gasteiger partial charge in [-0.2, -0.15) is 0 Å². The summed E-state index contributed by atoms with van der Waals surface area (Å²) < 4.78 is 15.2. The number of ether oxygens (including phenoxy) is 3. The van der Waals surface area contributed by atoms with Gasteiger partial charge in [0.1, 0.15) is 5.60 Å². The first-order valence-electron chi connectivity index (χ1n) is 7.66. The summed E-state index contributed by atoms with van der Waals surface area (Å²) in [4.78, 5) is 23.9. The number of hydrogen-bond acceptors (Lipinski definition) is 5. The molecule has 126 valence electrons. The summed E-state index contributed by atoms with van der Waals surface area (Å²) in [5, 5.41) is 0. The largest absolute Gasteiger partial charge is 0.514 e. The molecule has 23 heavy (non-hydrogen) atoms. The second-order valence-corrected chi connectivity index (χ2v) is 5.98. The first-order valence-corrected chi connectivity index (χ1v) is 7.66. The summed E-state index contributed by atoms with van der Waals surface area (Å²) in [5.41, 5.74) is 0.0252. The van der Waals surface area contributed by atoms with Crippen molar-refractivity contribution in [1.82, 2.24) is 0 Å². The Labute approximate surface area is 137 Å². The van der Waals surface area contributed by atoms with Crippen molar-refractivity contribution in [1.29, 1.82) is 0 Å². The molecule has 1 aromatic carbocycles. The molecule has 0 saturated heterocycles. The van der Waals surface area contributed by atoms with Crippen LogP contribution in [0.5, 0.6) is 0 Å². The molecule has 1 aromatic rings. The third-order valence-corrected chi connectivity index (χ3v) is 2.61. The topological polar surface area (TPSA) is 61.8 Å². The van der Waals surface area contributed by atoms with Crippen molar-refractivity contribution in [2.24, 2.45) is 0 Å². The molecule has 0 saturated carbocycles. The molecule has 0 aliphatic heterocycles. The van der Waals surface area contributed by atoms with Crippen LogP contribution < -0.4 is 0 Å². The smallest absolute Gasteiger partial charge is 0.454 e. The van der Waals surface area contributed by atoms with Crippen molar-refractivity contribution in [3.63, 3.8) is 0 Å². The maximum absolute atomic E-state index is 12.2. The van der Waals surface area contributed by atoms with Gasteiger partial charge in [0.2, 0.25) is 5.76 Å². The zero-order valence-electron chi connectivity index (χ0n) is 14.1. The van der Waals surface area contributed by atoms with Gasteiger partial charge in [-0.25, -0.2) is 9.59 Å². The van der Waals surface area contributed by atoms with Gasteiger partial charge in [0, 0.05) is 0 Å². The third-order valence-electron chi connectivity index (χ3n) is 2.61. The average Bonchev–Trinajstić information content (AvgIpc) is 2.46. The second-order valence-electron chi connectivity index (χ2n) is 5.98. The maximum atomic E-state index is 12.2. The Morgan fingerprint density at radius 1 is 1.13 bits per heavy atom. The lowest BCUT2D eigenvalue weighted by molar-refractivity contribution is -0.153. The SMILES string of the molecule is CCCCOC(=O)OC(=Cc1ccccc1)C(=O)OC(C)(C)C. The van der Waals surface area contributed by atoms with Gasteiger partial charge < -0.3 is 14.2 Å². The highest BCUT2D eigenvalue weighted by Crippen LogP contribution is 2.15. The Bertz CT molecular complexity index is 540. The van der Waals surface area contributed by atoms with E-state index in [1.807, 2.05) is 25.1 Å². The molecule has 0 unspecified atom stereocenters. The van der Waals surface area contributed by atoms with E-state index in [1.165, 1.54) is 6.08 Å². The van der Waals surface area contributed by atoms with Crippen LogP contribution in [0.25, 0.3) is 6.08 Å². The number of esters is 1. The molecule has 1 rings (SSSR count). The highest BCUT2D eigenvalue weighted by Gasteiger charge is 2.23. The minimum atomic E-state index is -0.911. The quantitative estimate of drug-likeness (QED) is 0.338. The fraction of sp³-hybridized carbons (Fsp3) is 0.444. The highest BCUT2D eigenvalue weighted by atomic mass is 16.7. The van der Waals surface area contributed by atoms with Crippen LogP contribution in [0.4, 0.5) is 4.79 Å². The molecule has 0 N–H and O–H groups in total. The summed E-state index contributed by atoms with van der Waals surface area (Å²) in [6.07, 6.45) is 2.17. The molecule has 0 atom stereocenters. The van der Waals surface area contributed by atoms with E-state index in [9.17, 15) is 9.59 Å². The number of carbonyl (C=O) groups excluding carboxylic acids is 2. The zero-order valence-corrected chi connectivity index (χ0v) is 14.1. The molecule has 0 aliphatic carbocycles. The third kappa shape index (κ3) is 8.04. The number of rotatable bonds is 6. The zero-order chi connectivity index (χ0) is 17.3. The molecule has 0 bridgehead atoms. The second kappa shape index (κ2) is 8.98. The van der Waals surface area contributed by atoms with Crippen molar-refractivity contribution >= 4 is 18.2 Å². The molecule has 5 nitrogen and oxygen atoms in total. The highest BCUT2D eigenvalue weighted by molar-refractivity contribution is 5.93. The lowest BCUT2D eigenvalue weighted by Gasteiger charge is -2.20. The standard InChI is InChI=1S/C18H24O5/c1-5-6-12-21-17(20)22-15(16(19)23-18(2,3)4)13-14-10-8-7-9-11-14/h7-11,13H,5-6,12H2,1-4H3. The summed E-state index contributed by atoms with van der Waals surface area (Å²) in [7, 11) is 0. The van der Waals surface area contributed by atoms with Crippen LogP contribution in [0.2, 0.25) is 0 Å². The molecule has 0 radical (unpaired) electrons. The van der Waals surface area contributed by atoms with Gasteiger partial charge >= 0.3 is 12.1 Å². The van der Waals surface area contributed by atoms with Crippen molar-refractivity contribution in [3.8, 4) is 0 Å². The van der Waals surface area contributed by atoms with E-state index in [-0.39, 0.29) is 12.4 Å². The summed E-state index contributed by atoms with van der Waals surface area (Å²) in [6, 6.07) is 9.06. The van der Waals surface area contributed by atoms with E-state index in [0.717, 1.165) is 18.4 Å². The fourth-order valence-electron chi connectivity index (χ4n) is 1.58. The minimum absolute atomic E-state index is 0.201. The van der Waals surface area contributed by atoms with Crippen LogP contribution in [0, 0.1) is 0 Å². The van der Waals surface area contributed by atoms with Crippen LogP contribution in [-0.2, 0) is 19.0 Å². The monoisotopic (exact) mass is 320 g/mol. The van der Waals surface area contributed by atoms with Crippen LogP contribution in [-0.4, -0.2) is 24.3 Å². The number of hydrogen-bond donors (Lipinski definition) is 0. The Morgan fingerprint density at radius 2 is 1.78 bits per heavy atom. The molecule has 5 heteroatoms. The first-order chi connectivity index (χ1) is 10.8. The van der Waals surface area contributed by atoms with Gasteiger partial charge in [0.05, 0.1) is 6.61 Å². The summed E-state index contributed by atoms with van der Waals surface area (Å²) in [6.45, 7) is 7.46. The molecule has 0 amide bonds. The predicted molar refractivity (Wildman–Crippen MR) is 87.6 cm³/mol. The maximum Gasteiger partial charge on any atom is 0.514 e. The Morgan fingerprint density at radius 3 is 2.35 bits per heavy atom. The Kier molecular flexibility index (Phi) is 7.32. The van der Waals surface area contributed by atoms with Gasteiger partial charge in [0.25, 0.3) is 0 Å². The van der Waals surface area contributed by atoms with Crippen molar-refractivity contribution in [2.45, 2.75) is 46.1 Å². The lowest BCUT2D eigenvalue weighted by atomic mass is 10.2. The van der Waals surface area contributed by atoms with Crippen LogP contribution in [0.1, 0.15) is 46.1 Å². The number of unbranched alkanes of at least 4 members (excludes halogenated alkanes) is 1.